The lowest BCUT2D eigenvalue weighted by Gasteiger charge is -2.01. The Labute approximate surface area is 108 Å². The van der Waals surface area contributed by atoms with Gasteiger partial charge in [-0.2, -0.15) is 5.10 Å². The summed E-state index contributed by atoms with van der Waals surface area (Å²) in [5.74, 6) is 1.21. The van der Waals surface area contributed by atoms with Gasteiger partial charge in [-0.1, -0.05) is 0 Å². The third kappa shape index (κ3) is 2.08. The van der Waals surface area contributed by atoms with Gasteiger partial charge in [-0.3, -0.25) is 9.48 Å². The largest absolute Gasteiger partial charge is 0.469 e. The number of nitrogens with one attached hydrogen (secondary N) is 1. The van der Waals surface area contributed by atoms with E-state index >= 15 is 0 Å². The maximum absolute atomic E-state index is 11.7. The lowest BCUT2D eigenvalue weighted by Crippen LogP contribution is -2.08. The summed E-state index contributed by atoms with van der Waals surface area (Å²) in [7, 11) is 1.82. The molecule has 6 heteroatoms. The van der Waals surface area contributed by atoms with Crippen molar-refractivity contribution in [2.75, 3.05) is 0 Å². The Morgan fingerprint density at radius 1 is 1.42 bits per heavy atom. The Bertz CT molecular complexity index is 782. The van der Waals surface area contributed by atoms with Gasteiger partial charge in [0.15, 0.2) is 0 Å². The van der Waals surface area contributed by atoms with Crippen LogP contribution in [0.2, 0.25) is 0 Å². The van der Waals surface area contributed by atoms with Crippen LogP contribution in [0, 0.1) is 6.92 Å². The van der Waals surface area contributed by atoms with Gasteiger partial charge in [-0.15, -0.1) is 0 Å². The van der Waals surface area contributed by atoms with E-state index in [1.807, 2.05) is 20.2 Å². The predicted molar refractivity (Wildman–Crippen MR) is 69.5 cm³/mol. The monoisotopic (exact) mass is 256 g/mol. The summed E-state index contributed by atoms with van der Waals surface area (Å²) >= 11 is 0. The van der Waals surface area contributed by atoms with Crippen LogP contribution in [0.5, 0.6) is 0 Å². The topological polar surface area (TPSA) is 76.7 Å². The average molecular weight is 256 g/mol. The molecule has 0 saturated carbocycles. The van der Waals surface area contributed by atoms with Gasteiger partial charge >= 0.3 is 0 Å². The Kier molecular flexibility index (Phi) is 2.56. The number of aryl methyl sites for hydroxylation is 2. The lowest BCUT2D eigenvalue weighted by molar-refractivity contribution is 0.535. The highest BCUT2D eigenvalue weighted by Crippen LogP contribution is 2.22. The van der Waals surface area contributed by atoms with Crippen LogP contribution in [0.15, 0.2) is 40.0 Å². The van der Waals surface area contributed by atoms with Crippen molar-refractivity contribution in [3.8, 4) is 22.6 Å². The summed E-state index contributed by atoms with van der Waals surface area (Å²) in [5, 5.41) is 4.08. The molecule has 1 N–H and O–H groups in total. The van der Waals surface area contributed by atoms with E-state index in [4.69, 9.17) is 4.42 Å². The molecular formula is C13H12N4O2. The maximum atomic E-state index is 11.7. The molecular weight excluding hydrogens is 244 g/mol. The van der Waals surface area contributed by atoms with Crippen molar-refractivity contribution in [3.63, 3.8) is 0 Å². The number of aromatic nitrogens is 4. The molecule has 0 radical (unpaired) electrons. The molecule has 0 fully saturated rings. The second kappa shape index (κ2) is 4.24. The molecule has 0 bridgehead atoms. The van der Waals surface area contributed by atoms with Gasteiger partial charge in [-0.25, -0.2) is 4.98 Å². The van der Waals surface area contributed by atoms with Crippen LogP contribution in [-0.2, 0) is 7.05 Å². The zero-order valence-electron chi connectivity index (χ0n) is 10.5. The molecule has 6 nitrogen and oxygen atoms in total. The summed E-state index contributed by atoms with van der Waals surface area (Å²) in [6.07, 6.45) is 5.06. The Hall–Kier alpha value is -2.63. The molecule has 0 aliphatic rings. The Morgan fingerprint density at radius 2 is 2.26 bits per heavy atom. The molecule has 0 amide bonds. The minimum atomic E-state index is -0.204. The van der Waals surface area contributed by atoms with Gasteiger partial charge in [0.05, 0.1) is 23.7 Å². The SMILES string of the molecule is Cc1occc1-c1nc(-c2cnn(C)c2)cc(=O)[nH]1. The van der Waals surface area contributed by atoms with E-state index in [2.05, 4.69) is 15.1 Å². The number of H-pyrrole nitrogens is 1. The van der Waals surface area contributed by atoms with E-state index in [-0.39, 0.29) is 5.56 Å². The van der Waals surface area contributed by atoms with E-state index in [1.165, 1.54) is 6.07 Å². The normalized spacial score (nSPS) is 10.8. The van der Waals surface area contributed by atoms with Crippen molar-refractivity contribution >= 4 is 0 Å². The van der Waals surface area contributed by atoms with E-state index in [0.717, 1.165) is 11.1 Å². The molecule has 3 rings (SSSR count). The highest BCUT2D eigenvalue weighted by Gasteiger charge is 2.10. The van der Waals surface area contributed by atoms with E-state index in [9.17, 15) is 4.79 Å². The molecule has 3 heterocycles. The first-order valence-electron chi connectivity index (χ1n) is 5.78. The number of furan rings is 1. The first-order valence-corrected chi connectivity index (χ1v) is 5.78. The van der Waals surface area contributed by atoms with Gasteiger partial charge < -0.3 is 9.40 Å². The minimum absolute atomic E-state index is 0.204. The number of aromatic amines is 1. The first-order chi connectivity index (χ1) is 9.13. The summed E-state index contributed by atoms with van der Waals surface area (Å²) in [6.45, 7) is 1.83. The summed E-state index contributed by atoms with van der Waals surface area (Å²) in [4.78, 5) is 18.9. The first kappa shape index (κ1) is 11.5. The fourth-order valence-electron chi connectivity index (χ4n) is 1.92. The van der Waals surface area contributed by atoms with Crippen LogP contribution in [-0.4, -0.2) is 19.7 Å². The van der Waals surface area contributed by atoms with Crippen LogP contribution < -0.4 is 5.56 Å². The fourth-order valence-corrected chi connectivity index (χ4v) is 1.92. The minimum Gasteiger partial charge on any atom is -0.469 e. The molecule has 0 aromatic carbocycles. The number of hydrogen-bond acceptors (Lipinski definition) is 4. The molecule has 3 aromatic heterocycles. The van der Waals surface area contributed by atoms with Gasteiger partial charge in [0.1, 0.15) is 11.6 Å². The molecule has 0 saturated heterocycles. The number of rotatable bonds is 2. The molecule has 0 unspecified atom stereocenters. The number of hydrogen-bond donors (Lipinski definition) is 1. The van der Waals surface area contributed by atoms with E-state index < -0.39 is 0 Å². The van der Waals surface area contributed by atoms with Crippen molar-refractivity contribution in [2.45, 2.75) is 6.92 Å². The lowest BCUT2D eigenvalue weighted by atomic mass is 10.2. The fraction of sp³-hybridized carbons (Fsp3) is 0.154. The van der Waals surface area contributed by atoms with Gasteiger partial charge in [-0.05, 0) is 13.0 Å². The van der Waals surface area contributed by atoms with Crippen LogP contribution in [0.1, 0.15) is 5.76 Å². The number of nitrogens with zero attached hydrogens (tertiary/aromatic N) is 3. The molecule has 3 aromatic rings. The van der Waals surface area contributed by atoms with Crippen LogP contribution >= 0.6 is 0 Å². The van der Waals surface area contributed by atoms with Crippen molar-refractivity contribution in [1.29, 1.82) is 0 Å². The standard InChI is InChI=1S/C13H12N4O2/c1-8-10(3-4-19-8)13-15-11(5-12(18)16-13)9-6-14-17(2)7-9/h3-7H,1-2H3,(H,15,16,18). The molecule has 0 atom stereocenters. The highest BCUT2D eigenvalue weighted by atomic mass is 16.3. The smallest absolute Gasteiger partial charge is 0.251 e. The zero-order chi connectivity index (χ0) is 13.4. The van der Waals surface area contributed by atoms with E-state index in [0.29, 0.717) is 17.3 Å². The summed E-state index contributed by atoms with van der Waals surface area (Å²) < 4.78 is 6.90. The maximum Gasteiger partial charge on any atom is 0.251 e. The molecule has 0 spiro atoms. The van der Waals surface area contributed by atoms with Gasteiger partial charge in [0, 0.05) is 24.9 Å². The third-order valence-corrected chi connectivity index (χ3v) is 2.86. The van der Waals surface area contributed by atoms with Crippen molar-refractivity contribution in [3.05, 3.63) is 46.9 Å². The highest BCUT2D eigenvalue weighted by molar-refractivity contribution is 5.63. The van der Waals surface area contributed by atoms with Crippen LogP contribution in [0.3, 0.4) is 0 Å². The Balaban J connectivity index is 2.16. The molecule has 19 heavy (non-hydrogen) atoms. The van der Waals surface area contributed by atoms with Crippen LogP contribution in [0.4, 0.5) is 0 Å². The molecule has 96 valence electrons. The molecule has 0 aliphatic heterocycles. The van der Waals surface area contributed by atoms with Gasteiger partial charge in [0.2, 0.25) is 0 Å². The second-order valence-corrected chi connectivity index (χ2v) is 4.27. The predicted octanol–water partition coefficient (Wildman–Crippen LogP) is 1.74. The quantitative estimate of drug-likeness (QED) is 0.757. The zero-order valence-corrected chi connectivity index (χ0v) is 10.5. The van der Waals surface area contributed by atoms with E-state index in [1.54, 1.807) is 23.2 Å². The Morgan fingerprint density at radius 3 is 2.89 bits per heavy atom. The summed E-state index contributed by atoms with van der Waals surface area (Å²) in [6, 6.07) is 3.23. The average Bonchev–Trinajstić information content (AvgIpc) is 2.97. The van der Waals surface area contributed by atoms with Crippen molar-refractivity contribution < 1.29 is 4.42 Å². The van der Waals surface area contributed by atoms with Gasteiger partial charge in [0.25, 0.3) is 5.56 Å². The molecule has 0 aliphatic carbocycles. The second-order valence-electron chi connectivity index (χ2n) is 4.27. The third-order valence-electron chi connectivity index (χ3n) is 2.86. The van der Waals surface area contributed by atoms with Crippen LogP contribution in [0.25, 0.3) is 22.6 Å². The van der Waals surface area contributed by atoms with Crippen molar-refractivity contribution in [1.82, 2.24) is 19.7 Å². The van der Waals surface area contributed by atoms with Crippen molar-refractivity contribution in [2.24, 2.45) is 7.05 Å². The summed E-state index contributed by atoms with van der Waals surface area (Å²) in [5.41, 5.74) is 1.97.